The zero-order chi connectivity index (χ0) is 17.7. The fraction of sp³-hybridized carbons (Fsp3) is 0.235. The summed E-state index contributed by atoms with van der Waals surface area (Å²) in [7, 11) is 0. The molecule has 0 saturated heterocycles. The maximum Gasteiger partial charge on any atom is 0.416 e. The second-order valence-corrected chi connectivity index (χ2v) is 5.44. The smallest absolute Gasteiger partial charge is 0.338 e. The third-order valence-electron chi connectivity index (χ3n) is 3.48. The van der Waals surface area contributed by atoms with Crippen molar-refractivity contribution in [3.63, 3.8) is 0 Å². The van der Waals surface area contributed by atoms with E-state index in [0.29, 0.717) is 30.4 Å². The van der Waals surface area contributed by atoms with Crippen LogP contribution in [-0.4, -0.2) is 15.1 Å². The second-order valence-electron chi connectivity index (χ2n) is 5.44. The molecule has 0 aliphatic rings. The Kier molecular flexibility index (Phi) is 5.08. The predicted molar refractivity (Wildman–Crippen MR) is 83.3 cm³/mol. The molecule has 5 nitrogen and oxygen atoms in total. The summed E-state index contributed by atoms with van der Waals surface area (Å²) in [5, 5.41) is 6.96. The standard InChI is InChI=1S/C17H15F3N4O/c18-17(19,20)14-3-1-2-13(8-14)9-15-23-16(25-24-15)11-22-10-12-4-6-21-7-5-12/h1-8,22H,9-11H2. The number of hydrogen-bond acceptors (Lipinski definition) is 5. The van der Waals surface area contributed by atoms with Crippen LogP contribution in [0.25, 0.3) is 0 Å². The quantitative estimate of drug-likeness (QED) is 0.740. The number of rotatable bonds is 6. The van der Waals surface area contributed by atoms with E-state index in [0.717, 1.165) is 17.7 Å². The molecule has 8 heteroatoms. The van der Waals surface area contributed by atoms with E-state index in [1.54, 1.807) is 18.5 Å². The molecule has 0 atom stereocenters. The minimum Gasteiger partial charge on any atom is -0.338 e. The maximum absolute atomic E-state index is 12.7. The van der Waals surface area contributed by atoms with Crippen molar-refractivity contribution in [1.82, 2.24) is 20.4 Å². The molecule has 0 radical (unpaired) electrons. The molecule has 130 valence electrons. The number of alkyl halides is 3. The van der Waals surface area contributed by atoms with Gasteiger partial charge in [0.15, 0.2) is 5.82 Å². The van der Waals surface area contributed by atoms with Crippen molar-refractivity contribution in [2.75, 3.05) is 0 Å². The van der Waals surface area contributed by atoms with Crippen LogP contribution in [0, 0.1) is 0 Å². The van der Waals surface area contributed by atoms with Crippen molar-refractivity contribution >= 4 is 0 Å². The molecular formula is C17H15F3N4O. The predicted octanol–water partition coefficient (Wildman–Crippen LogP) is 3.36. The molecule has 0 aliphatic heterocycles. The highest BCUT2D eigenvalue weighted by Crippen LogP contribution is 2.29. The number of halogens is 3. The molecule has 2 heterocycles. The van der Waals surface area contributed by atoms with Gasteiger partial charge in [-0.05, 0) is 29.3 Å². The summed E-state index contributed by atoms with van der Waals surface area (Å²) in [5.74, 6) is 0.732. The lowest BCUT2D eigenvalue weighted by Crippen LogP contribution is -2.13. The molecule has 3 rings (SSSR count). The third-order valence-corrected chi connectivity index (χ3v) is 3.48. The van der Waals surface area contributed by atoms with Gasteiger partial charge in [-0.25, -0.2) is 0 Å². The molecule has 3 aromatic rings. The first-order chi connectivity index (χ1) is 12.0. The first kappa shape index (κ1) is 17.1. The van der Waals surface area contributed by atoms with Gasteiger partial charge in [-0.2, -0.15) is 18.2 Å². The lowest BCUT2D eigenvalue weighted by Gasteiger charge is -2.07. The fourth-order valence-electron chi connectivity index (χ4n) is 2.29. The average molecular weight is 348 g/mol. The van der Waals surface area contributed by atoms with Crippen molar-refractivity contribution < 1.29 is 17.7 Å². The summed E-state index contributed by atoms with van der Waals surface area (Å²) >= 11 is 0. The lowest BCUT2D eigenvalue weighted by molar-refractivity contribution is -0.137. The van der Waals surface area contributed by atoms with E-state index in [9.17, 15) is 13.2 Å². The Morgan fingerprint density at radius 3 is 2.56 bits per heavy atom. The first-order valence-corrected chi connectivity index (χ1v) is 7.58. The van der Waals surface area contributed by atoms with E-state index in [4.69, 9.17) is 4.52 Å². The number of benzene rings is 1. The third kappa shape index (κ3) is 4.87. The highest BCUT2D eigenvalue weighted by Gasteiger charge is 2.30. The number of nitrogens with one attached hydrogen (secondary N) is 1. The average Bonchev–Trinajstić information content (AvgIpc) is 3.03. The molecule has 2 aromatic heterocycles. The zero-order valence-corrected chi connectivity index (χ0v) is 13.1. The van der Waals surface area contributed by atoms with Crippen molar-refractivity contribution in [1.29, 1.82) is 0 Å². The molecule has 0 unspecified atom stereocenters. The molecule has 0 spiro atoms. The highest BCUT2D eigenvalue weighted by molar-refractivity contribution is 5.27. The van der Waals surface area contributed by atoms with Crippen LogP contribution in [0.4, 0.5) is 13.2 Å². The normalized spacial score (nSPS) is 11.6. The van der Waals surface area contributed by atoms with Gasteiger partial charge in [0.1, 0.15) is 0 Å². The van der Waals surface area contributed by atoms with Crippen molar-refractivity contribution in [2.45, 2.75) is 25.7 Å². The van der Waals surface area contributed by atoms with E-state index in [-0.39, 0.29) is 6.42 Å². The lowest BCUT2D eigenvalue weighted by atomic mass is 10.1. The van der Waals surface area contributed by atoms with Gasteiger partial charge < -0.3 is 9.84 Å². The monoisotopic (exact) mass is 348 g/mol. The Hall–Kier alpha value is -2.74. The largest absolute Gasteiger partial charge is 0.416 e. The molecule has 0 amide bonds. The summed E-state index contributed by atoms with van der Waals surface area (Å²) in [6, 6.07) is 8.88. The fourth-order valence-corrected chi connectivity index (χ4v) is 2.29. The first-order valence-electron chi connectivity index (χ1n) is 7.58. The van der Waals surface area contributed by atoms with Crippen molar-refractivity contribution in [3.05, 3.63) is 77.2 Å². The Morgan fingerprint density at radius 1 is 1.00 bits per heavy atom. The summed E-state index contributed by atoms with van der Waals surface area (Å²) in [6.07, 6.45) is -0.777. The van der Waals surface area contributed by atoms with Gasteiger partial charge in [0.25, 0.3) is 0 Å². The van der Waals surface area contributed by atoms with E-state index in [1.807, 2.05) is 12.1 Å². The molecular weight excluding hydrogens is 333 g/mol. The second kappa shape index (κ2) is 7.43. The van der Waals surface area contributed by atoms with Crippen LogP contribution < -0.4 is 5.32 Å². The Morgan fingerprint density at radius 2 is 1.80 bits per heavy atom. The molecule has 0 aliphatic carbocycles. The molecule has 0 bridgehead atoms. The number of aromatic nitrogens is 3. The van der Waals surface area contributed by atoms with Gasteiger partial charge in [-0.1, -0.05) is 23.4 Å². The van der Waals surface area contributed by atoms with Gasteiger partial charge in [-0.3, -0.25) is 4.98 Å². The van der Waals surface area contributed by atoms with Crippen LogP contribution in [0.3, 0.4) is 0 Å². The Balaban J connectivity index is 1.57. The van der Waals surface area contributed by atoms with Gasteiger partial charge in [0.05, 0.1) is 12.1 Å². The summed E-state index contributed by atoms with van der Waals surface area (Å²) in [4.78, 5) is 8.13. The van der Waals surface area contributed by atoms with E-state index >= 15 is 0 Å². The highest BCUT2D eigenvalue weighted by atomic mass is 19.4. The van der Waals surface area contributed by atoms with Gasteiger partial charge in [0, 0.05) is 25.4 Å². The van der Waals surface area contributed by atoms with Crippen molar-refractivity contribution in [3.8, 4) is 0 Å². The van der Waals surface area contributed by atoms with Crippen LogP contribution in [0.15, 0.2) is 53.3 Å². The summed E-state index contributed by atoms with van der Waals surface area (Å²) < 4.78 is 43.3. The van der Waals surface area contributed by atoms with Crippen LogP contribution in [-0.2, 0) is 25.7 Å². The molecule has 1 aromatic carbocycles. The maximum atomic E-state index is 12.7. The van der Waals surface area contributed by atoms with Crippen molar-refractivity contribution in [2.24, 2.45) is 0 Å². The van der Waals surface area contributed by atoms with E-state index in [1.165, 1.54) is 6.07 Å². The SMILES string of the molecule is FC(F)(F)c1cccc(Cc2noc(CNCc3ccncc3)n2)c1. The minimum absolute atomic E-state index is 0.178. The number of nitrogens with zero attached hydrogens (tertiary/aromatic N) is 3. The molecule has 25 heavy (non-hydrogen) atoms. The molecule has 0 fully saturated rings. The van der Waals surface area contributed by atoms with E-state index in [2.05, 4.69) is 20.4 Å². The van der Waals surface area contributed by atoms with Gasteiger partial charge >= 0.3 is 6.18 Å². The van der Waals surface area contributed by atoms with Gasteiger partial charge in [-0.15, -0.1) is 0 Å². The minimum atomic E-state index is -4.37. The Bertz CT molecular complexity index is 818. The van der Waals surface area contributed by atoms with E-state index < -0.39 is 11.7 Å². The van der Waals surface area contributed by atoms with Crippen LogP contribution >= 0.6 is 0 Å². The number of hydrogen-bond donors (Lipinski definition) is 1. The van der Waals surface area contributed by atoms with Crippen LogP contribution in [0.2, 0.25) is 0 Å². The van der Waals surface area contributed by atoms with Crippen LogP contribution in [0.1, 0.15) is 28.4 Å². The zero-order valence-electron chi connectivity index (χ0n) is 13.1. The molecule has 1 N–H and O–H groups in total. The topological polar surface area (TPSA) is 63.8 Å². The summed E-state index contributed by atoms with van der Waals surface area (Å²) in [5.41, 5.74) is 0.860. The number of pyridine rings is 1. The summed E-state index contributed by atoms with van der Waals surface area (Å²) in [6.45, 7) is 0.992. The van der Waals surface area contributed by atoms with Gasteiger partial charge in [0.2, 0.25) is 5.89 Å². The van der Waals surface area contributed by atoms with Crippen LogP contribution in [0.5, 0.6) is 0 Å². The molecule has 0 saturated carbocycles. The Labute approximate surface area is 141 Å².